The van der Waals surface area contributed by atoms with Gasteiger partial charge in [0.15, 0.2) is 0 Å². The van der Waals surface area contributed by atoms with E-state index in [2.05, 4.69) is 21.0 Å². The predicted octanol–water partition coefficient (Wildman–Crippen LogP) is 3.39. The zero-order valence-corrected chi connectivity index (χ0v) is 10.8. The van der Waals surface area contributed by atoms with E-state index in [0.717, 1.165) is 14.7 Å². The van der Waals surface area contributed by atoms with Gasteiger partial charge in [-0.15, -0.1) is 0 Å². The van der Waals surface area contributed by atoms with E-state index in [1.54, 1.807) is 6.20 Å². The second-order valence-corrected chi connectivity index (χ2v) is 4.46. The average molecular weight is 295 g/mol. The van der Waals surface area contributed by atoms with E-state index in [-0.39, 0.29) is 6.10 Å². The lowest BCUT2D eigenvalue weighted by Gasteiger charge is -2.12. The average Bonchev–Trinajstić information content (AvgIpc) is 2.77. The van der Waals surface area contributed by atoms with Crippen molar-refractivity contribution in [2.75, 3.05) is 0 Å². The summed E-state index contributed by atoms with van der Waals surface area (Å²) in [4.78, 5) is 11.7. The number of benzene rings is 1. The summed E-state index contributed by atoms with van der Waals surface area (Å²) >= 11 is 3.22. The summed E-state index contributed by atoms with van der Waals surface area (Å²) < 4.78 is 7.17. The van der Waals surface area contributed by atoms with Crippen LogP contribution in [0, 0.1) is 0 Å². The van der Waals surface area contributed by atoms with Crippen molar-refractivity contribution in [3.63, 3.8) is 0 Å². The molecule has 5 heteroatoms. The van der Waals surface area contributed by atoms with Gasteiger partial charge in [-0.25, -0.2) is 4.79 Å². The summed E-state index contributed by atoms with van der Waals surface area (Å²) in [5, 5.41) is 3.86. The van der Waals surface area contributed by atoms with Gasteiger partial charge in [0.1, 0.15) is 6.10 Å². The summed E-state index contributed by atoms with van der Waals surface area (Å²) in [6.07, 6.45) is 2.30. The fourth-order valence-corrected chi connectivity index (χ4v) is 1.68. The highest BCUT2D eigenvalue weighted by atomic mass is 79.9. The fourth-order valence-electron chi connectivity index (χ4n) is 1.40. The molecule has 0 aliphatic heterocycles. The predicted molar refractivity (Wildman–Crippen MR) is 66.7 cm³/mol. The highest BCUT2D eigenvalue weighted by molar-refractivity contribution is 9.10. The molecular formula is C12H11BrN2O2. The van der Waals surface area contributed by atoms with Crippen LogP contribution in [-0.2, 0) is 4.74 Å². The molecule has 88 valence electrons. The fraction of sp³-hybridized carbons (Fsp3) is 0.167. The molecular weight excluding hydrogens is 284 g/mol. The van der Waals surface area contributed by atoms with Crippen LogP contribution in [-0.4, -0.2) is 15.9 Å². The zero-order chi connectivity index (χ0) is 12.3. The topological polar surface area (TPSA) is 44.1 Å². The molecule has 0 bridgehead atoms. The first-order valence-corrected chi connectivity index (χ1v) is 5.92. The summed E-state index contributed by atoms with van der Waals surface area (Å²) in [5.41, 5.74) is 0.951. The Morgan fingerprint density at radius 1 is 1.41 bits per heavy atom. The van der Waals surface area contributed by atoms with Crippen LogP contribution in [0.3, 0.4) is 0 Å². The van der Waals surface area contributed by atoms with Gasteiger partial charge in [0.25, 0.3) is 0 Å². The van der Waals surface area contributed by atoms with E-state index in [9.17, 15) is 4.79 Å². The first-order valence-electron chi connectivity index (χ1n) is 5.13. The van der Waals surface area contributed by atoms with Crippen molar-refractivity contribution < 1.29 is 9.53 Å². The van der Waals surface area contributed by atoms with Crippen LogP contribution in [0.4, 0.5) is 4.79 Å². The molecule has 0 spiro atoms. The maximum Gasteiger partial charge on any atom is 0.435 e. The number of aromatic nitrogens is 2. The van der Waals surface area contributed by atoms with Crippen molar-refractivity contribution in [2.24, 2.45) is 0 Å². The Hall–Kier alpha value is -1.62. The van der Waals surface area contributed by atoms with Crippen LogP contribution in [0.5, 0.6) is 0 Å². The zero-order valence-electron chi connectivity index (χ0n) is 9.21. The first-order chi connectivity index (χ1) is 8.16. The van der Waals surface area contributed by atoms with E-state index in [4.69, 9.17) is 4.74 Å². The number of carbonyl (C=O) groups is 1. The molecule has 1 heterocycles. The van der Waals surface area contributed by atoms with Gasteiger partial charge < -0.3 is 4.74 Å². The van der Waals surface area contributed by atoms with Crippen molar-refractivity contribution in [2.45, 2.75) is 13.0 Å². The number of ether oxygens (including phenoxy) is 1. The Morgan fingerprint density at radius 2 is 2.12 bits per heavy atom. The Bertz CT molecular complexity index is 510. The number of hydrogen-bond donors (Lipinski definition) is 0. The number of carbonyl (C=O) groups excluding carboxylic acids is 1. The van der Waals surface area contributed by atoms with E-state index in [1.165, 1.54) is 6.20 Å². The van der Waals surface area contributed by atoms with Crippen molar-refractivity contribution in [3.8, 4) is 0 Å². The van der Waals surface area contributed by atoms with Crippen LogP contribution < -0.4 is 0 Å². The molecule has 1 atom stereocenters. The molecule has 1 aromatic heterocycles. The molecule has 0 unspecified atom stereocenters. The molecule has 1 aromatic carbocycles. The SMILES string of the molecule is C[C@H](OC(=O)n1cc(Br)cn1)c1ccccc1. The van der Waals surface area contributed by atoms with Gasteiger partial charge in [-0.2, -0.15) is 9.78 Å². The Kier molecular flexibility index (Phi) is 3.58. The molecule has 4 nitrogen and oxygen atoms in total. The summed E-state index contributed by atoms with van der Waals surface area (Å²) in [6.45, 7) is 1.83. The third-order valence-corrected chi connectivity index (χ3v) is 2.69. The minimum Gasteiger partial charge on any atom is -0.440 e. The Balaban J connectivity index is 2.04. The number of hydrogen-bond acceptors (Lipinski definition) is 3. The van der Waals surface area contributed by atoms with Gasteiger partial charge in [0, 0.05) is 0 Å². The standard InChI is InChI=1S/C12H11BrN2O2/c1-9(10-5-3-2-4-6-10)17-12(16)15-8-11(13)7-14-15/h2-9H,1H3/t9-/m0/s1. The highest BCUT2D eigenvalue weighted by Gasteiger charge is 2.13. The lowest BCUT2D eigenvalue weighted by atomic mass is 10.1. The third kappa shape index (κ3) is 2.94. The minimum atomic E-state index is -0.493. The molecule has 17 heavy (non-hydrogen) atoms. The quantitative estimate of drug-likeness (QED) is 0.853. The maximum atomic E-state index is 11.7. The molecule has 0 saturated carbocycles. The monoisotopic (exact) mass is 294 g/mol. The second-order valence-electron chi connectivity index (χ2n) is 3.54. The van der Waals surface area contributed by atoms with Gasteiger partial charge in [-0.1, -0.05) is 30.3 Å². The van der Waals surface area contributed by atoms with Crippen LogP contribution >= 0.6 is 15.9 Å². The van der Waals surface area contributed by atoms with Gasteiger partial charge in [0.2, 0.25) is 0 Å². The van der Waals surface area contributed by atoms with Crippen LogP contribution in [0.2, 0.25) is 0 Å². The number of nitrogens with zero attached hydrogens (tertiary/aromatic N) is 2. The molecule has 2 aromatic rings. The van der Waals surface area contributed by atoms with Crippen molar-refractivity contribution >= 4 is 22.0 Å². The van der Waals surface area contributed by atoms with Gasteiger partial charge >= 0.3 is 6.09 Å². The molecule has 0 fully saturated rings. The van der Waals surface area contributed by atoms with Crippen molar-refractivity contribution in [1.82, 2.24) is 9.78 Å². The normalized spacial score (nSPS) is 12.1. The molecule has 0 aliphatic rings. The molecule has 0 radical (unpaired) electrons. The Labute approximate surface area is 107 Å². The third-order valence-electron chi connectivity index (χ3n) is 2.28. The van der Waals surface area contributed by atoms with Crippen molar-refractivity contribution in [3.05, 3.63) is 52.8 Å². The van der Waals surface area contributed by atoms with Gasteiger partial charge in [-0.05, 0) is 28.4 Å². The van der Waals surface area contributed by atoms with Crippen molar-refractivity contribution in [1.29, 1.82) is 0 Å². The summed E-state index contributed by atoms with van der Waals surface area (Å²) in [6, 6.07) is 9.56. The van der Waals surface area contributed by atoms with E-state index in [1.807, 2.05) is 37.3 Å². The van der Waals surface area contributed by atoms with E-state index >= 15 is 0 Å². The number of rotatable bonds is 2. The maximum absolute atomic E-state index is 11.7. The largest absolute Gasteiger partial charge is 0.440 e. The summed E-state index contributed by atoms with van der Waals surface area (Å²) in [7, 11) is 0. The molecule has 0 amide bonds. The van der Waals surface area contributed by atoms with Gasteiger partial charge in [0.05, 0.1) is 16.9 Å². The highest BCUT2D eigenvalue weighted by Crippen LogP contribution is 2.17. The van der Waals surface area contributed by atoms with Gasteiger partial charge in [-0.3, -0.25) is 0 Å². The van der Waals surface area contributed by atoms with E-state index < -0.39 is 6.09 Å². The lowest BCUT2D eigenvalue weighted by Crippen LogP contribution is -2.16. The molecule has 2 rings (SSSR count). The van der Waals surface area contributed by atoms with Crippen LogP contribution in [0.15, 0.2) is 47.2 Å². The second kappa shape index (κ2) is 5.14. The molecule has 0 N–H and O–H groups in total. The Morgan fingerprint density at radius 3 is 2.71 bits per heavy atom. The first kappa shape index (κ1) is 11.9. The number of halogens is 1. The molecule has 0 aliphatic carbocycles. The molecule has 0 saturated heterocycles. The van der Waals surface area contributed by atoms with Crippen LogP contribution in [0.25, 0.3) is 0 Å². The minimum absolute atomic E-state index is 0.299. The lowest BCUT2D eigenvalue weighted by molar-refractivity contribution is 0.105. The smallest absolute Gasteiger partial charge is 0.435 e. The van der Waals surface area contributed by atoms with Crippen LogP contribution in [0.1, 0.15) is 18.6 Å². The summed E-state index contributed by atoms with van der Waals surface area (Å²) in [5.74, 6) is 0. The van der Waals surface area contributed by atoms with E-state index in [0.29, 0.717) is 0 Å².